The predicted octanol–water partition coefficient (Wildman–Crippen LogP) is 1.84. The maximum absolute atomic E-state index is 12.6. The van der Waals surface area contributed by atoms with Crippen LogP contribution in [0.1, 0.15) is 19.5 Å². The fourth-order valence-electron chi connectivity index (χ4n) is 1.80. The van der Waals surface area contributed by atoms with Gasteiger partial charge in [0.1, 0.15) is 4.75 Å². The maximum atomic E-state index is 12.6. The Labute approximate surface area is 124 Å². The van der Waals surface area contributed by atoms with Crippen molar-refractivity contribution < 1.29 is 13.2 Å². The summed E-state index contributed by atoms with van der Waals surface area (Å²) in [6, 6.07) is 9.80. The van der Waals surface area contributed by atoms with Crippen molar-refractivity contribution in [2.45, 2.75) is 30.0 Å². The van der Waals surface area contributed by atoms with Gasteiger partial charge in [0.05, 0.1) is 6.42 Å². The van der Waals surface area contributed by atoms with Crippen LogP contribution in [0.3, 0.4) is 0 Å². The first-order valence-electron chi connectivity index (χ1n) is 6.44. The fourth-order valence-corrected chi connectivity index (χ4v) is 3.15. The third-order valence-electron chi connectivity index (χ3n) is 3.32. The monoisotopic (exact) mass is 304 g/mol. The third-order valence-corrected chi connectivity index (χ3v) is 5.69. The first-order chi connectivity index (χ1) is 9.85. The van der Waals surface area contributed by atoms with Crippen molar-refractivity contribution in [1.82, 2.24) is 9.97 Å². The largest absolute Gasteiger partial charge is 0.297 e. The Balaban J connectivity index is 2.31. The molecule has 2 heterocycles. The SMILES string of the molecule is CC(C)(C(=O)Cc1ccccn1)S(=O)(=O)c1ccccn1. The molecular formula is C15H16N2O3S. The number of pyridine rings is 2. The van der Waals surface area contributed by atoms with E-state index in [2.05, 4.69) is 9.97 Å². The molecule has 0 aliphatic carbocycles. The Morgan fingerprint density at radius 2 is 1.67 bits per heavy atom. The molecule has 21 heavy (non-hydrogen) atoms. The lowest BCUT2D eigenvalue weighted by Gasteiger charge is -2.22. The number of aromatic nitrogens is 2. The van der Waals surface area contributed by atoms with Crippen LogP contribution < -0.4 is 0 Å². The van der Waals surface area contributed by atoms with E-state index in [0.717, 1.165) is 0 Å². The first-order valence-corrected chi connectivity index (χ1v) is 7.93. The van der Waals surface area contributed by atoms with E-state index >= 15 is 0 Å². The predicted molar refractivity (Wildman–Crippen MR) is 78.4 cm³/mol. The molecule has 0 aliphatic rings. The lowest BCUT2D eigenvalue weighted by Crippen LogP contribution is -2.42. The van der Waals surface area contributed by atoms with Crippen molar-refractivity contribution in [1.29, 1.82) is 0 Å². The van der Waals surface area contributed by atoms with E-state index in [9.17, 15) is 13.2 Å². The highest BCUT2D eigenvalue weighted by Crippen LogP contribution is 2.25. The molecule has 0 saturated carbocycles. The van der Waals surface area contributed by atoms with E-state index in [-0.39, 0.29) is 11.4 Å². The van der Waals surface area contributed by atoms with E-state index in [1.165, 1.54) is 26.1 Å². The van der Waals surface area contributed by atoms with E-state index in [1.807, 2.05) is 0 Å². The van der Waals surface area contributed by atoms with Gasteiger partial charge in [-0.05, 0) is 38.1 Å². The molecule has 0 unspecified atom stereocenters. The van der Waals surface area contributed by atoms with Gasteiger partial charge in [0.25, 0.3) is 0 Å². The van der Waals surface area contributed by atoms with Crippen LogP contribution in [0.15, 0.2) is 53.8 Å². The molecule has 0 saturated heterocycles. The van der Waals surface area contributed by atoms with Crippen molar-refractivity contribution in [2.75, 3.05) is 0 Å². The van der Waals surface area contributed by atoms with Gasteiger partial charge in [0.15, 0.2) is 10.8 Å². The summed E-state index contributed by atoms with van der Waals surface area (Å²) in [6.45, 7) is 2.81. The Bertz CT molecular complexity index is 726. The lowest BCUT2D eigenvalue weighted by atomic mass is 10.0. The van der Waals surface area contributed by atoms with Gasteiger partial charge in [0, 0.05) is 18.1 Å². The summed E-state index contributed by atoms with van der Waals surface area (Å²) in [5.41, 5.74) is 0.548. The van der Waals surface area contributed by atoms with Crippen LogP contribution in [0.5, 0.6) is 0 Å². The van der Waals surface area contributed by atoms with E-state index in [4.69, 9.17) is 0 Å². The van der Waals surface area contributed by atoms with E-state index < -0.39 is 20.4 Å². The number of carbonyl (C=O) groups is 1. The topological polar surface area (TPSA) is 77.0 Å². The Kier molecular flexibility index (Phi) is 4.18. The molecule has 0 bridgehead atoms. The minimum absolute atomic E-state index is 0.0279. The molecule has 2 aromatic rings. The average Bonchev–Trinajstić information content (AvgIpc) is 2.49. The number of rotatable bonds is 5. The van der Waals surface area contributed by atoms with Crippen LogP contribution in [0.25, 0.3) is 0 Å². The number of ketones is 1. The zero-order chi connectivity index (χ0) is 15.5. The number of nitrogens with zero attached hydrogens (tertiary/aromatic N) is 2. The average molecular weight is 304 g/mol. The molecule has 5 nitrogen and oxygen atoms in total. The fraction of sp³-hybridized carbons (Fsp3) is 0.267. The van der Waals surface area contributed by atoms with Crippen LogP contribution in [0, 0.1) is 0 Å². The summed E-state index contributed by atoms with van der Waals surface area (Å²) in [7, 11) is -3.85. The molecule has 0 amide bonds. The van der Waals surface area contributed by atoms with Crippen molar-refractivity contribution in [3.8, 4) is 0 Å². The molecule has 0 aliphatic heterocycles. The van der Waals surface area contributed by atoms with Crippen LogP contribution in [-0.2, 0) is 21.1 Å². The van der Waals surface area contributed by atoms with Crippen molar-refractivity contribution in [3.05, 3.63) is 54.5 Å². The Morgan fingerprint density at radius 1 is 1.05 bits per heavy atom. The summed E-state index contributed by atoms with van der Waals surface area (Å²) in [5.74, 6) is -0.410. The normalized spacial score (nSPS) is 12.1. The molecule has 6 heteroatoms. The summed E-state index contributed by atoms with van der Waals surface area (Å²) >= 11 is 0. The molecule has 0 atom stereocenters. The molecule has 0 N–H and O–H groups in total. The van der Waals surface area contributed by atoms with Gasteiger partial charge < -0.3 is 0 Å². The number of carbonyl (C=O) groups excluding carboxylic acids is 1. The van der Waals surface area contributed by atoms with Crippen molar-refractivity contribution in [2.24, 2.45) is 0 Å². The summed E-state index contributed by atoms with van der Waals surface area (Å²) in [6.07, 6.45) is 2.94. The van der Waals surface area contributed by atoms with Gasteiger partial charge in [-0.3, -0.25) is 9.78 Å². The van der Waals surface area contributed by atoms with Crippen LogP contribution in [0.2, 0.25) is 0 Å². The standard InChI is InChI=1S/C15H16N2O3S/c1-15(2,13(18)11-12-7-3-5-9-16-12)21(19,20)14-8-4-6-10-17-14/h3-10H,11H2,1-2H3. The van der Waals surface area contributed by atoms with Gasteiger partial charge >= 0.3 is 0 Å². The van der Waals surface area contributed by atoms with Gasteiger partial charge in [-0.15, -0.1) is 0 Å². The third kappa shape index (κ3) is 3.00. The Morgan fingerprint density at radius 3 is 2.19 bits per heavy atom. The number of sulfone groups is 1. The molecule has 2 aromatic heterocycles. The smallest absolute Gasteiger partial charge is 0.207 e. The highest BCUT2D eigenvalue weighted by molar-refractivity contribution is 7.93. The number of hydrogen-bond acceptors (Lipinski definition) is 5. The quantitative estimate of drug-likeness (QED) is 0.842. The molecule has 2 rings (SSSR count). The zero-order valence-corrected chi connectivity index (χ0v) is 12.7. The van der Waals surface area contributed by atoms with Gasteiger partial charge in [-0.1, -0.05) is 12.1 Å². The van der Waals surface area contributed by atoms with E-state index in [0.29, 0.717) is 5.69 Å². The second kappa shape index (κ2) is 5.73. The van der Waals surface area contributed by atoms with Crippen LogP contribution in [0.4, 0.5) is 0 Å². The minimum atomic E-state index is -3.85. The second-order valence-electron chi connectivity index (χ2n) is 5.10. The van der Waals surface area contributed by atoms with Gasteiger partial charge in [-0.2, -0.15) is 0 Å². The molecule has 0 radical (unpaired) electrons. The highest BCUT2D eigenvalue weighted by Gasteiger charge is 2.43. The summed E-state index contributed by atoms with van der Waals surface area (Å²) < 4.78 is 23.6. The minimum Gasteiger partial charge on any atom is -0.297 e. The molecule has 0 spiro atoms. The molecule has 0 fully saturated rings. The van der Waals surface area contributed by atoms with E-state index in [1.54, 1.807) is 36.5 Å². The molecule has 0 aromatic carbocycles. The van der Waals surface area contributed by atoms with Crippen molar-refractivity contribution in [3.63, 3.8) is 0 Å². The molecule has 110 valence electrons. The summed E-state index contributed by atoms with van der Waals surface area (Å²) in [4.78, 5) is 20.3. The number of hydrogen-bond donors (Lipinski definition) is 0. The second-order valence-corrected chi connectivity index (χ2v) is 7.55. The lowest BCUT2D eigenvalue weighted by molar-refractivity contribution is -0.120. The zero-order valence-electron chi connectivity index (χ0n) is 11.9. The highest BCUT2D eigenvalue weighted by atomic mass is 32.2. The Hall–Kier alpha value is -2.08. The van der Waals surface area contributed by atoms with Crippen molar-refractivity contribution >= 4 is 15.6 Å². The molecular weight excluding hydrogens is 288 g/mol. The van der Waals surface area contributed by atoms with Gasteiger partial charge in [-0.25, -0.2) is 13.4 Å². The van der Waals surface area contributed by atoms with Crippen LogP contribution >= 0.6 is 0 Å². The van der Waals surface area contributed by atoms with Crippen LogP contribution in [-0.4, -0.2) is 28.9 Å². The maximum Gasteiger partial charge on any atom is 0.207 e. The van der Waals surface area contributed by atoms with Gasteiger partial charge in [0.2, 0.25) is 9.84 Å². The summed E-state index contributed by atoms with van der Waals surface area (Å²) in [5, 5.41) is -0.0932. The first kappa shape index (κ1) is 15.3. The number of Topliss-reactive ketones (excluding diaryl/α,β-unsaturated/α-hetero) is 1.